The lowest BCUT2D eigenvalue weighted by Gasteiger charge is -2.26. The minimum Gasteiger partial charge on any atom is -0.312 e. The lowest BCUT2D eigenvalue weighted by molar-refractivity contribution is 0.322. The molecule has 3 heterocycles. The van der Waals surface area contributed by atoms with Gasteiger partial charge < -0.3 is 4.98 Å². The monoisotopic (exact) mass is 445 g/mol. The predicted molar refractivity (Wildman–Crippen MR) is 129 cm³/mol. The third kappa shape index (κ3) is 5.27. The van der Waals surface area contributed by atoms with Gasteiger partial charge in [-0.25, -0.2) is 4.79 Å². The van der Waals surface area contributed by atoms with E-state index in [1.54, 1.807) is 0 Å². The third-order valence-electron chi connectivity index (χ3n) is 5.77. The minimum atomic E-state index is -0.0773. The van der Waals surface area contributed by atoms with E-state index in [0.29, 0.717) is 18.3 Å². The van der Waals surface area contributed by atoms with Crippen LogP contribution < -0.4 is 5.69 Å². The van der Waals surface area contributed by atoms with E-state index in [1.807, 2.05) is 53.4 Å². The maximum absolute atomic E-state index is 12.6. The molecule has 0 aliphatic carbocycles. The average Bonchev–Trinajstić information content (AvgIpc) is 3.44. The van der Waals surface area contributed by atoms with E-state index in [2.05, 4.69) is 58.3 Å². The van der Waals surface area contributed by atoms with Crippen LogP contribution in [-0.4, -0.2) is 35.2 Å². The van der Waals surface area contributed by atoms with E-state index in [1.165, 1.54) is 0 Å². The molecule has 0 aliphatic rings. The van der Waals surface area contributed by atoms with Gasteiger partial charge in [-0.1, -0.05) is 64.4 Å². The van der Waals surface area contributed by atoms with Crippen molar-refractivity contribution in [1.82, 2.24) is 35.2 Å². The first-order valence-electron chi connectivity index (χ1n) is 11.4. The lowest BCUT2D eigenvalue weighted by Crippen LogP contribution is -2.23. The van der Waals surface area contributed by atoms with E-state index in [0.717, 1.165) is 47.3 Å². The first kappa shape index (κ1) is 22.6. The average molecular weight is 446 g/mol. The maximum Gasteiger partial charge on any atom is 0.326 e. The number of imidazole rings is 1. The van der Waals surface area contributed by atoms with Crippen molar-refractivity contribution in [3.8, 4) is 22.6 Å². The number of aromatic amines is 2. The Morgan fingerprint density at radius 2 is 1.88 bits per heavy atom. The second-order valence-corrected chi connectivity index (χ2v) is 9.69. The van der Waals surface area contributed by atoms with Crippen molar-refractivity contribution >= 4 is 0 Å². The fourth-order valence-corrected chi connectivity index (χ4v) is 4.39. The fraction of sp³-hybridized carbons (Fsp3) is 0.400. The molecule has 0 radical (unpaired) electrons. The molecule has 3 aromatic heterocycles. The topological polar surface area (TPSA) is 105 Å². The molecule has 8 heteroatoms. The summed E-state index contributed by atoms with van der Waals surface area (Å²) in [7, 11) is 0. The quantitative estimate of drug-likeness (QED) is 0.406. The molecule has 0 saturated heterocycles. The maximum atomic E-state index is 12.6. The summed E-state index contributed by atoms with van der Waals surface area (Å²) >= 11 is 0. The number of aromatic nitrogens is 7. The van der Waals surface area contributed by atoms with Gasteiger partial charge >= 0.3 is 5.69 Å². The van der Waals surface area contributed by atoms with Crippen molar-refractivity contribution < 1.29 is 0 Å². The fourth-order valence-electron chi connectivity index (χ4n) is 4.39. The molecule has 33 heavy (non-hydrogen) atoms. The van der Waals surface area contributed by atoms with E-state index in [4.69, 9.17) is 0 Å². The molecule has 8 nitrogen and oxygen atoms in total. The number of nitrogens with one attached hydrogen (secondary N) is 2. The molecule has 0 amide bonds. The van der Waals surface area contributed by atoms with E-state index < -0.39 is 0 Å². The van der Waals surface area contributed by atoms with Gasteiger partial charge in [0.15, 0.2) is 0 Å². The molecule has 0 saturated carbocycles. The zero-order chi connectivity index (χ0) is 23.4. The van der Waals surface area contributed by atoms with Gasteiger partial charge in [-0.05, 0) is 35.1 Å². The van der Waals surface area contributed by atoms with E-state index in [9.17, 15) is 4.79 Å². The zero-order valence-corrected chi connectivity index (χ0v) is 19.7. The second-order valence-electron chi connectivity index (χ2n) is 9.69. The number of rotatable bonds is 8. The zero-order valence-electron chi connectivity index (χ0n) is 19.7. The summed E-state index contributed by atoms with van der Waals surface area (Å²) in [5, 5.41) is 14.4. The first-order valence-corrected chi connectivity index (χ1v) is 11.4. The first-order chi connectivity index (χ1) is 15.9. The van der Waals surface area contributed by atoms with Gasteiger partial charge in [0.05, 0.1) is 12.2 Å². The summed E-state index contributed by atoms with van der Waals surface area (Å²) in [6.45, 7) is 9.43. The van der Waals surface area contributed by atoms with Gasteiger partial charge in [0.25, 0.3) is 0 Å². The van der Waals surface area contributed by atoms with Crippen molar-refractivity contribution in [2.45, 2.75) is 59.4 Å². The molecule has 0 fully saturated rings. The summed E-state index contributed by atoms with van der Waals surface area (Å²) in [6, 6.07) is 11.8. The minimum absolute atomic E-state index is 0.0773. The van der Waals surface area contributed by atoms with Crippen molar-refractivity contribution in [1.29, 1.82) is 0 Å². The highest BCUT2D eigenvalue weighted by Crippen LogP contribution is 2.34. The van der Waals surface area contributed by atoms with Gasteiger partial charge in [0, 0.05) is 35.1 Å². The number of H-pyrrole nitrogens is 2. The van der Waals surface area contributed by atoms with Crippen LogP contribution >= 0.6 is 0 Å². The van der Waals surface area contributed by atoms with Gasteiger partial charge in [-0.3, -0.25) is 9.55 Å². The smallest absolute Gasteiger partial charge is 0.312 e. The van der Waals surface area contributed by atoms with E-state index in [-0.39, 0.29) is 11.1 Å². The molecule has 172 valence electrons. The molecule has 0 spiro atoms. The third-order valence-corrected chi connectivity index (χ3v) is 5.77. The van der Waals surface area contributed by atoms with Crippen LogP contribution in [0.5, 0.6) is 0 Å². The lowest BCUT2D eigenvalue weighted by atomic mass is 9.81. The largest absolute Gasteiger partial charge is 0.326 e. The van der Waals surface area contributed by atoms with Gasteiger partial charge in [0.2, 0.25) is 5.82 Å². The Labute approximate surface area is 193 Å². The molecule has 0 aliphatic heterocycles. The van der Waals surface area contributed by atoms with Gasteiger partial charge in [-0.15, -0.1) is 10.2 Å². The highest BCUT2D eigenvalue weighted by atomic mass is 16.1. The second kappa shape index (κ2) is 9.52. The van der Waals surface area contributed by atoms with Crippen LogP contribution in [0, 0.1) is 5.41 Å². The van der Waals surface area contributed by atoms with Crippen molar-refractivity contribution in [2.24, 2.45) is 5.41 Å². The number of pyridine rings is 1. The summed E-state index contributed by atoms with van der Waals surface area (Å²) in [5.74, 6) is 0.865. The van der Waals surface area contributed by atoms with Crippen LogP contribution in [-0.2, 0) is 6.54 Å². The standard InChI is InChI=1S/C25H31N7O/c1-5-8-18(13-25(2,3)4)22-15-27-24(33)32(22)16-17-11-12-21(26-14-17)19-9-6-7-10-20(19)23-28-30-31-29-23/h6-7,9-12,14-15,18H,5,8,13,16H2,1-4H3,(H,27,33)(H,28,29,30,31). The Morgan fingerprint density at radius 1 is 1.09 bits per heavy atom. The Balaban J connectivity index is 1.61. The summed E-state index contributed by atoms with van der Waals surface area (Å²) < 4.78 is 1.86. The van der Waals surface area contributed by atoms with Crippen molar-refractivity contribution in [2.75, 3.05) is 0 Å². The Kier molecular flexibility index (Phi) is 6.53. The predicted octanol–water partition coefficient (Wildman–Crippen LogP) is 4.79. The molecule has 4 rings (SSSR count). The molecule has 4 aromatic rings. The molecule has 1 unspecified atom stereocenters. The number of nitrogens with zero attached hydrogens (tertiary/aromatic N) is 5. The van der Waals surface area contributed by atoms with Crippen LogP contribution in [0.15, 0.2) is 53.6 Å². The van der Waals surface area contributed by atoms with Crippen LogP contribution in [0.25, 0.3) is 22.6 Å². The van der Waals surface area contributed by atoms with Crippen molar-refractivity contribution in [3.05, 3.63) is 70.5 Å². The van der Waals surface area contributed by atoms with Crippen molar-refractivity contribution in [3.63, 3.8) is 0 Å². The summed E-state index contributed by atoms with van der Waals surface area (Å²) in [5.41, 5.74) is 4.77. The molecule has 1 aromatic carbocycles. The van der Waals surface area contributed by atoms with Crippen LogP contribution in [0.1, 0.15) is 64.1 Å². The van der Waals surface area contributed by atoms with Gasteiger partial charge in [-0.2, -0.15) is 5.21 Å². The SMILES string of the molecule is CCCC(CC(C)(C)C)c1c[nH]c(=O)n1Cc1ccc(-c2ccccc2-c2nn[nH]n2)nc1. The Bertz CT molecular complexity index is 1230. The molecular formula is C25H31N7O. The number of benzene rings is 1. The van der Waals surface area contributed by atoms with Crippen LogP contribution in [0.2, 0.25) is 0 Å². The molecular weight excluding hydrogens is 414 g/mol. The van der Waals surface area contributed by atoms with Gasteiger partial charge in [0.1, 0.15) is 0 Å². The summed E-state index contributed by atoms with van der Waals surface area (Å²) in [4.78, 5) is 20.2. The highest BCUT2D eigenvalue weighted by molar-refractivity contribution is 5.78. The van der Waals surface area contributed by atoms with Crippen LogP contribution in [0.4, 0.5) is 0 Å². The normalized spacial score (nSPS) is 12.7. The number of hydrogen-bond donors (Lipinski definition) is 2. The molecule has 1 atom stereocenters. The van der Waals surface area contributed by atoms with Crippen LogP contribution in [0.3, 0.4) is 0 Å². The summed E-state index contributed by atoms with van der Waals surface area (Å²) in [6.07, 6.45) is 6.89. The molecule has 0 bridgehead atoms. The number of hydrogen-bond acceptors (Lipinski definition) is 5. The van der Waals surface area contributed by atoms with E-state index >= 15 is 0 Å². The highest BCUT2D eigenvalue weighted by Gasteiger charge is 2.23. The Morgan fingerprint density at radius 3 is 2.52 bits per heavy atom. The molecule has 2 N–H and O–H groups in total. The number of tetrazole rings is 1. The Hall–Kier alpha value is -3.55.